The van der Waals surface area contributed by atoms with Crippen molar-refractivity contribution in [3.63, 3.8) is 0 Å². The molecule has 5 rings (SSSR count). The highest BCUT2D eigenvalue weighted by Gasteiger charge is 2.28. The van der Waals surface area contributed by atoms with Gasteiger partial charge in [-0.3, -0.25) is 10.1 Å². The Bertz CT molecular complexity index is 1820. The van der Waals surface area contributed by atoms with E-state index in [9.17, 15) is 10.1 Å². The average Bonchev–Trinajstić information content (AvgIpc) is 3.81. The van der Waals surface area contributed by atoms with Gasteiger partial charge in [0.15, 0.2) is 0 Å². The van der Waals surface area contributed by atoms with Gasteiger partial charge in [0.2, 0.25) is 6.04 Å². The number of aryl methyl sites for hydroxylation is 6. The Hall–Kier alpha value is -4.00. The van der Waals surface area contributed by atoms with Gasteiger partial charge < -0.3 is 9.55 Å². The first-order chi connectivity index (χ1) is 20.8. The summed E-state index contributed by atoms with van der Waals surface area (Å²) in [6.45, 7) is 17.6. The van der Waals surface area contributed by atoms with E-state index in [0.29, 0.717) is 6.54 Å². The summed E-state index contributed by atoms with van der Waals surface area (Å²) in [6.07, 6.45) is 13.3. The monoisotopic (exact) mass is 579 g/mol. The van der Waals surface area contributed by atoms with Crippen molar-refractivity contribution in [2.45, 2.75) is 107 Å². The zero-order valence-corrected chi connectivity index (χ0v) is 27.0. The molecule has 3 aromatic heterocycles. The molecular formula is C36H45N5O2. The second-order valence-corrected chi connectivity index (χ2v) is 11.3. The van der Waals surface area contributed by atoms with Crippen LogP contribution in [0.5, 0.6) is 0 Å². The molecule has 0 fully saturated rings. The van der Waals surface area contributed by atoms with Gasteiger partial charge in [-0.1, -0.05) is 41.5 Å². The molecule has 7 nitrogen and oxygen atoms in total. The fourth-order valence-electron chi connectivity index (χ4n) is 7.13. The van der Waals surface area contributed by atoms with Gasteiger partial charge in [-0.05, 0) is 92.5 Å². The first kappa shape index (κ1) is 30.5. The maximum atomic E-state index is 12.6. The maximum absolute atomic E-state index is 12.6. The Kier molecular flexibility index (Phi) is 8.72. The summed E-state index contributed by atoms with van der Waals surface area (Å²) in [4.78, 5) is 26.6. The lowest BCUT2D eigenvalue weighted by molar-refractivity contribution is -0.523. The van der Waals surface area contributed by atoms with Crippen LogP contribution >= 0.6 is 0 Å². The van der Waals surface area contributed by atoms with Crippen LogP contribution in [0.2, 0.25) is 0 Å². The SMILES string of the molecule is CCc1c2nc(c(CC)c3cc(CC)c([nH]3)c(C(C)[N+](=O)[O-])c3c(CC)c(CC)c(c(CC)c4nc1C=C4)n3CC)C=C2. The standard InChI is InChI=1S/C36H45N5O2/c1-9-22-20-32-26(13-5)30-17-16-28(37-30)25(12-4)29-18-19-31(38-29)27(14-6)35-23(10-2)24(11-3)36(40(35)15-7)33(34(22)39-32)21(8)41(42)43/h16-21,39H,9-15H2,1-8H3. The fourth-order valence-corrected chi connectivity index (χ4v) is 7.13. The molecule has 0 aromatic carbocycles. The van der Waals surface area contributed by atoms with Crippen LogP contribution < -0.4 is 0 Å². The Labute approximate surface area is 255 Å². The van der Waals surface area contributed by atoms with Crippen molar-refractivity contribution in [1.29, 1.82) is 0 Å². The van der Waals surface area contributed by atoms with Crippen molar-refractivity contribution in [1.82, 2.24) is 19.5 Å². The number of nitro groups is 1. The van der Waals surface area contributed by atoms with E-state index in [-0.39, 0.29) is 4.92 Å². The molecule has 1 N–H and O–H groups in total. The molecule has 0 saturated heterocycles. The topological polar surface area (TPSA) is 89.6 Å². The second-order valence-electron chi connectivity index (χ2n) is 11.3. The summed E-state index contributed by atoms with van der Waals surface area (Å²) in [5, 5.41) is 12.6. The van der Waals surface area contributed by atoms with Crippen LogP contribution in [0.4, 0.5) is 0 Å². The fraction of sp³-hybridized carbons (Fsp3) is 0.444. The van der Waals surface area contributed by atoms with Gasteiger partial charge in [0, 0.05) is 40.6 Å². The minimum Gasteiger partial charge on any atom is -0.355 e. The number of hydrogen-bond acceptors (Lipinski definition) is 4. The van der Waals surface area contributed by atoms with Gasteiger partial charge in [0.25, 0.3) is 0 Å². The third-order valence-corrected chi connectivity index (χ3v) is 9.23. The summed E-state index contributed by atoms with van der Waals surface area (Å²) >= 11 is 0. The molecule has 2 aliphatic rings. The highest BCUT2D eigenvalue weighted by Crippen LogP contribution is 2.38. The highest BCUT2D eigenvalue weighted by atomic mass is 16.6. The van der Waals surface area contributed by atoms with Crippen molar-refractivity contribution < 1.29 is 4.92 Å². The summed E-state index contributed by atoms with van der Waals surface area (Å²) < 4.78 is 2.35. The number of nitrogens with one attached hydrogen (secondary N) is 1. The van der Waals surface area contributed by atoms with Crippen LogP contribution in [-0.4, -0.2) is 24.4 Å². The first-order valence-corrected chi connectivity index (χ1v) is 16.1. The number of hydrogen-bond donors (Lipinski definition) is 1. The lowest BCUT2D eigenvalue weighted by Crippen LogP contribution is -2.10. The van der Waals surface area contributed by atoms with Crippen LogP contribution in [0.3, 0.4) is 0 Å². The van der Waals surface area contributed by atoms with Crippen LogP contribution in [0.15, 0.2) is 6.07 Å². The molecule has 0 amide bonds. The molecule has 0 aliphatic carbocycles. The van der Waals surface area contributed by atoms with Gasteiger partial charge in [0.1, 0.15) is 0 Å². The molecule has 226 valence electrons. The Morgan fingerprint density at radius 1 is 0.721 bits per heavy atom. The smallest absolute Gasteiger partial charge is 0.239 e. The van der Waals surface area contributed by atoms with Crippen LogP contribution in [0, 0.1) is 10.1 Å². The van der Waals surface area contributed by atoms with E-state index < -0.39 is 6.04 Å². The number of fused-ring (bicyclic) bond motifs is 8. The Morgan fingerprint density at radius 3 is 1.67 bits per heavy atom. The van der Waals surface area contributed by atoms with Crippen molar-refractivity contribution in [2.75, 3.05) is 0 Å². The third kappa shape index (κ3) is 4.92. The summed E-state index contributed by atoms with van der Waals surface area (Å²) in [6, 6.07) is 1.29. The Morgan fingerprint density at radius 2 is 1.21 bits per heavy atom. The van der Waals surface area contributed by atoms with Gasteiger partial charge in [-0.2, -0.15) is 0 Å². The van der Waals surface area contributed by atoms with E-state index in [1.54, 1.807) is 6.92 Å². The average molecular weight is 580 g/mol. The van der Waals surface area contributed by atoms with E-state index >= 15 is 0 Å². The largest absolute Gasteiger partial charge is 0.355 e. The van der Waals surface area contributed by atoms with Gasteiger partial charge >= 0.3 is 0 Å². The molecule has 3 aromatic rings. The van der Waals surface area contributed by atoms with E-state index in [4.69, 9.17) is 9.97 Å². The van der Waals surface area contributed by atoms with Gasteiger partial charge in [0.05, 0.1) is 44.9 Å². The third-order valence-electron chi connectivity index (χ3n) is 9.23. The number of nitrogens with zero attached hydrogens (tertiary/aromatic N) is 4. The van der Waals surface area contributed by atoms with Crippen molar-refractivity contribution in [3.8, 4) is 0 Å². The number of H-pyrrole nitrogens is 1. The van der Waals surface area contributed by atoms with Crippen molar-refractivity contribution in [2.24, 2.45) is 0 Å². The lowest BCUT2D eigenvalue weighted by Gasteiger charge is -2.13. The van der Waals surface area contributed by atoms with E-state index in [2.05, 4.69) is 88.4 Å². The molecular weight excluding hydrogens is 534 g/mol. The normalized spacial score (nSPS) is 13.2. The molecule has 1 atom stereocenters. The predicted molar refractivity (Wildman–Crippen MR) is 180 cm³/mol. The summed E-state index contributed by atoms with van der Waals surface area (Å²) in [7, 11) is 0. The highest BCUT2D eigenvalue weighted by molar-refractivity contribution is 5.88. The van der Waals surface area contributed by atoms with Gasteiger partial charge in [-0.15, -0.1) is 0 Å². The minimum absolute atomic E-state index is 0.140. The molecule has 0 spiro atoms. The lowest BCUT2D eigenvalue weighted by atomic mass is 9.98. The number of aromatic nitrogens is 4. The van der Waals surface area contributed by atoms with Crippen LogP contribution in [-0.2, 0) is 45.1 Å². The molecule has 0 saturated carbocycles. The molecule has 2 aliphatic heterocycles. The second kappa shape index (κ2) is 12.3. The number of rotatable bonds is 9. The van der Waals surface area contributed by atoms with E-state index in [0.717, 1.165) is 100 Å². The maximum Gasteiger partial charge on any atom is 0.239 e. The zero-order chi connectivity index (χ0) is 31.0. The number of aromatic amines is 1. The summed E-state index contributed by atoms with van der Waals surface area (Å²) in [5.41, 5.74) is 15.6. The summed E-state index contributed by atoms with van der Waals surface area (Å²) in [5.74, 6) is 0. The molecule has 5 heterocycles. The van der Waals surface area contributed by atoms with Gasteiger partial charge in [-0.25, -0.2) is 9.97 Å². The molecule has 8 bridgehead atoms. The molecule has 0 radical (unpaired) electrons. The van der Waals surface area contributed by atoms with Crippen LogP contribution in [0.25, 0.3) is 46.4 Å². The molecule has 1 unspecified atom stereocenters. The van der Waals surface area contributed by atoms with E-state index in [1.807, 2.05) is 0 Å². The molecule has 7 heteroatoms. The zero-order valence-electron chi connectivity index (χ0n) is 27.0. The first-order valence-electron chi connectivity index (χ1n) is 16.1. The molecule has 43 heavy (non-hydrogen) atoms. The predicted octanol–water partition coefficient (Wildman–Crippen LogP) is 8.86. The van der Waals surface area contributed by atoms with Crippen LogP contribution in [0.1, 0.15) is 123 Å². The van der Waals surface area contributed by atoms with Crippen molar-refractivity contribution in [3.05, 3.63) is 77.9 Å². The van der Waals surface area contributed by atoms with E-state index in [1.165, 1.54) is 22.2 Å². The Balaban J connectivity index is 2.21. The quantitative estimate of drug-likeness (QED) is 0.139. The minimum atomic E-state index is -0.900. The van der Waals surface area contributed by atoms with Crippen molar-refractivity contribution >= 4 is 46.4 Å².